The van der Waals surface area contributed by atoms with Crippen LogP contribution in [0.4, 0.5) is 13.2 Å². The normalized spacial score (nSPS) is 17.0. The van der Waals surface area contributed by atoms with Crippen molar-refractivity contribution < 1.29 is 13.2 Å². The number of rotatable bonds is 5. The molecular weight excluding hydrogens is 377 g/mol. The van der Waals surface area contributed by atoms with E-state index in [-0.39, 0.29) is 5.96 Å². The summed E-state index contributed by atoms with van der Waals surface area (Å²) in [6.45, 7) is 0.614. The Morgan fingerprint density at radius 3 is 2.59 bits per heavy atom. The molecule has 0 saturated carbocycles. The summed E-state index contributed by atoms with van der Waals surface area (Å²) in [7, 11) is 0. The van der Waals surface area contributed by atoms with E-state index in [0.29, 0.717) is 23.0 Å². The Morgan fingerprint density at radius 2 is 1.89 bits per heavy atom. The van der Waals surface area contributed by atoms with Crippen molar-refractivity contribution in [3.05, 3.63) is 82.1 Å². The van der Waals surface area contributed by atoms with Gasteiger partial charge < -0.3 is 16.4 Å². The lowest BCUT2D eigenvalue weighted by molar-refractivity contribution is -0.137. The van der Waals surface area contributed by atoms with Crippen molar-refractivity contribution >= 4 is 17.6 Å². The molecule has 2 aromatic rings. The number of nitrogens with one attached hydrogen (secondary N) is 2. The van der Waals surface area contributed by atoms with Gasteiger partial charge in [-0.3, -0.25) is 0 Å². The molecule has 0 fully saturated rings. The van der Waals surface area contributed by atoms with Gasteiger partial charge in [-0.05, 0) is 47.9 Å². The van der Waals surface area contributed by atoms with Crippen LogP contribution in [0, 0.1) is 0 Å². The fraction of sp³-hybridized carbons (Fsp3) is 0.211. The van der Waals surface area contributed by atoms with Crippen LogP contribution in [-0.4, -0.2) is 12.5 Å². The third kappa shape index (κ3) is 5.17. The average molecular weight is 395 g/mol. The van der Waals surface area contributed by atoms with Crippen LogP contribution in [-0.2, 0) is 12.6 Å². The third-order valence-corrected chi connectivity index (χ3v) is 4.32. The molecule has 27 heavy (non-hydrogen) atoms. The lowest BCUT2D eigenvalue weighted by Crippen LogP contribution is -2.40. The highest BCUT2D eigenvalue weighted by atomic mass is 35.5. The van der Waals surface area contributed by atoms with Gasteiger partial charge in [-0.15, -0.1) is 0 Å². The number of aliphatic imine (C=N–C) groups is 1. The Balaban J connectivity index is 1.69. The zero-order valence-electron chi connectivity index (χ0n) is 14.2. The number of halogens is 4. The Hall–Kier alpha value is -2.67. The maximum absolute atomic E-state index is 12.9. The van der Waals surface area contributed by atoms with Crippen molar-refractivity contribution in [2.75, 3.05) is 6.54 Å². The number of guanidine groups is 1. The molecule has 1 unspecified atom stereocenters. The monoisotopic (exact) mass is 394 g/mol. The topological polar surface area (TPSA) is 62.4 Å². The van der Waals surface area contributed by atoms with E-state index in [1.807, 2.05) is 24.3 Å². The van der Waals surface area contributed by atoms with Gasteiger partial charge in [0.2, 0.25) is 0 Å². The third-order valence-electron chi connectivity index (χ3n) is 4.06. The molecule has 1 heterocycles. The summed E-state index contributed by atoms with van der Waals surface area (Å²) in [6.07, 6.45) is -1.93. The summed E-state index contributed by atoms with van der Waals surface area (Å²) in [4.78, 5) is 4.19. The van der Waals surface area contributed by atoms with Gasteiger partial charge in [0.1, 0.15) is 11.9 Å². The minimum Gasteiger partial charge on any atom is -0.371 e. The van der Waals surface area contributed by atoms with Crippen molar-refractivity contribution in [3.8, 4) is 0 Å². The second-order valence-corrected chi connectivity index (χ2v) is 6.53. The summed E-state index contributed by atoms with van der Waals surface area (Å²) in [5, 5.41) is 6.76. The van der Waals surface area contributed by atoms with Gasteiger partial charge >= 0.3 is 6.18 Å². The molecule has 0 aromatic heterocycles. The van der Waals surface area contributed by atoms with Crippen LogP contribution in [0.25, 0.3) is 0 Å². The number of alkyl halides is 3. The van der Waals surface area contributed by atoms with Crippen LogP contribution < -0.4 is 16.4 Å². The van der Waals surface area contributed by atoms with E-state index in [4.69, 9.17) is 17.3 Å². The zero-order valence-corrected chi connectivity index (χ0v) is 15.0. The van der Waals surface area contributed by atoms with Crippen LogP contribution >= 0.6 is 11.6 Å². The Bertz CT molecular complexity index is 860. The molecule has 4 N–H and O–H groups in total. The summed E-state index contributed by atoms with van der Waals surface area (Å²) in [6, 6.07) is 12.0. The minimum absolute atomic E-state index is 0.147. The van der Waals surface area contributed by atoms with Gasteiger partial charge in [0.25, 0.3) is 0 Å². The lowest BCUT2D eigenvalue weighted by atomic mass is 10.0. The van der Waals surface area contributed by atoms with E-state index in [1.165, 1.54) is 6.07 Å². The SMILES string of the molecule is NC1=NC(c2cccc(C(F)(F)F)c2)C=C(NCCc2ccc(Cl)cc2)N1. The number of benzene rings is 2. The second kappa shape index (κ2) is 7.92. The molecule has 0 saturated heterocycles. The van der Waals surface area contributed by atoms with Gasteiger partial charge in [-0.25, -0.2) is 4.99 Å². The van der Waals surface area contributed by atoms with E-state index in [2.05, 4.69) is 15.6 Å². The van der Waals surface area contributed by atoms with E-state index in [9.17, 15) is 13.2 Å². The highest BCUT2D eigenvalue weighted by Crippen LogP contribution is 2.32. The summed E-state index contributed by atoms with van der Waals surface area (Å²) in [5.41, 5.74) is 6.62. The van der Waals surface area contributed by atoms with E-state index in [0.717, 1.165) is 24.1 Å². The molecule has 0 spiro atoms. The van der Waals surface area contributed by atoms with Crippen LogP contribution in [0.1, 0.15) is 22.7 Å². The molecule has 8 heteroatoms. The van der Waals surface area contributed by atoms with E-state index < -0.39 is 17.8 Å². The first-order chi connectivity index (χ1) is 12.8. The predicted molar refractivity (Wildman–Crippen MR) is 100 cm³/mol. The first-order valence-electron chi connectivity index (χ1n) is 8.29. The summed E-state index contributed by atoms with van der Waals surface area (Å²) >= 11 is 5.86. The standard InChI is InChI=1S/C19H18ClF3N4/c20-15-6-4-12(5-7-15)8-9-25-17-11-16(26-18(24)27-17)13-2-1-3-14(10-13)19(21,22)23/h1-7,10-11,16,25H,8-9H2,(H3,24,26,27). The maximum Gasteiger partial charge on any atom is 0.416 e. The van der Waals surface area contributed by atoms with Crippen molar-refractivity contribution in [3.63, 3.8) is 0 Å². The van der Waals surface area contributed by atoms with Crippen molar-refractivity contribution in [2.24, 2.45) is 10.7 Å². The van der Waals surface area contributed by atoms with Gasteiger partial charge in [-0.2, -0.15) is 13.2 Å². The first-order valence-corrected chi connectivity index (χ1v) is 8.66. The Morgan fingerprint density at radius 1 is 1.15 bits per heavy atom. The molecule has 142 valence electrons. The van der Waals surface area contributed by atoms with Crippen molar-refractivity contribution in [2.45, 2.75) is 18.6 Å². The lowest BCUT2D eigenvalue weighted by Gasteiger charge is -2.22. The van der Waals surface area contributed by atoms with Crippen LogP contribution in [0.5, 0.6) is 0 Å². The number of nitrogens with two attached hydrogens (primary N) is 1. The molecule has 3 rings (SSSR count). The van der Waals surface area contributed by atoms with Gasteiger partial charge in [-0.1, -0.05) is 35.9 Å². The van der Waals surface area contributed by atoms with E-state index >= 15 is 0 Å². The van der Waals surface area contributed by atoms with Gasteiger partial charge in [0.15, 0.2) is 5.96 Å². The number of nitrogens with zero attached hydrogens (tertiary/aromatic N) is 1. The highest BCUT2D eigenvalue weighted by molar-refractivity contribution is 6.30. The molecule has 1 aliphatic rings. The maximum atomic E-state index is 12.9. The van der Waals surface area contributed by atoms with Crippen molar-refractivity contribution in [1.82, 2.24) is 10.6 Å². The zero-order chi connectivity index (χ0) is 19.4. The minimum atomic E-state index is -4.40. The van der Waals surface area contributed by atoms with Gasteiger partial charge in [0.05, 0.1) is 5.56 Å². The predicted octanol–water partition coefficient (Wildman–Crippen LogP) is 3.99. The molecule has 0 bridgehead atoms. The smallest absolute Gasteiger partial charge is 0.371 e. The number of hydrogen-bond donors (Lipinski definition) is 3. The highest BCUT2D eigenvalue weighted by Gasteiger charge is 2.31. The van der Waals surface area contributed by atoms with E-state index in [1.54, 1.807) is 12.1 Å². The molecule has 1 aliphatic heterocycles. The average Bonchev–Trinajstić information content (AvgIpc) is 2.62. The Labute approximate surface area is 159 Å². The molecule has 0 radical (unpaired) electrons. The quantitative estimate of drug-likeness (QED) is 0.718. The van der Waals surface area contributed by atoms with Crippen molar-refractivity contribution in [1.29, 1.82) is 0 Å². The van der Waals surface area contributed by atoms with Crippen LogP contribution in [0.3, 0.4) is 0 Å². The summed E-state index contributed by atoms with van der Waals surface area (Å²) < 4.78 is 38.8. The molecule has 2 aromatic carbocycles. The largest absolute Gasteiger partial charge is 0.416 e. The molecule has 0 aliphatic carbocycles. The summed E-state index contributed by atoms with van der Waals surface area (Å²) in [5.74, 6) is 0.757. The second-order valence-electron chi connectivity index (χ2n) is 6.09. The van der Waals surface area contributed by atoms with Crippen LogP contribution in [0.15, 0.2) is 65.4 Å². The fourth-order valence-corrected chi connectivity index (χ4v) is 2.85. The fourth-order valence-electron chi connectivity index (χ4n) is 2.72. The molecule has 0 amide bonds. The first kappa shape index (κ1) is 19.1. The molecular formula is C19H18ClF3N4. The Kier molecular flexibility index (Phi) is 5.60. The molecule has 1 atom stereocenters. The molecule has 4 nitrogen and oxygen atoms in total. The van der Waals surface area contributed by atoms with Gasteiger partial charge in [0, 0.05) is 11.6 Å². The van der Waals surface area contributed by atoms with Crippen LogP contribution in [0.2, 0.25) is 5.02 Å². The number of hydrogen-bond acceptors (Lipinski definition) is 4.